The van der Waals surface area contributed by atoms with E-state index in [0.29, 0.717) is 23.3 Å². The summed E-state index contributed by atoms with van der Waals surface area (Å²) >= 11 is 0. The van der Waals surface area contributed by atoms with Gasteiger partial charge in [0.15, 0.2) is 5.69 Å². The van der Waals surface area contributed by atoms with Gasteiger partial charge in [0.25, 0.3) is 5.91 Å². The Balaban J connectivity index is 1.65. The van der Waals surface area contributed by atoms with Gasteiger partial charge in [0.2, 0.25) is 0 Å². The van der Waals surface area contributed by atoms with Gasteiger partial charge in [0, 0.05) is 17.9 Å². The van der Waals surface area contributed by atoms with E-state index in [0.717, 1.165) is 12.1 Å². The fourth-order valence-electron chi connectivity index (χ4n) is 2.57. The third-order valence-corrected chi connectivity index (χ3v) is 3.88. The van der Waals surface area contributed by atoms with E-state index in [1.807, 2.05) is 24.3 Å². The van der Waals surface area contributed by atoms with Crippen LogP contribution in [0.15, 0.2) is 36.5 Å². The van der Waals surface area contributed by atoms with Crippen LogP contribution in [-0.2, 0) is 0 Å². The van der Waals surface area contributed by atoms with E-state index in [4.69, 9.17) is 5.73 Å². The van der Waals surface area contributed by atoms with Crippen molar-refractivity contribution in [2.45, 2.75) is 32.2 Å². The van der Waals surface area contributed by atoms with Crippen LogP contribution in [0, 0.1) is 5.92 Å². The van der Waals surface area contributed by atoms with E-state index in [9.17, 15) is 4.79 Å². The molecule has 1 amide bonds. The molecule has 2 unspecified atom stereocenters. The molecule has 21 heavy (non-hydrogen) atoms. The Morgan fingerprint density at radius 1 is 1.38 bits per heavy atom. The van der Waals surface area contributed by atoms with E-state index in [-0.39, 0.29) is 5.91 Å². The fourth-order valence-corrected chi connectivity index (χ4v) is 2.57. The van der Waals surface area contributed by atoms with Crippen LogP contribution in [-0.4, -0.2) is 21.7 Å². The fraction of sp³-hybridized carbons (Fsp3) is 0.375. The first-order valence-corrected chi connectivity index (χ1v) is 7.40. The monoisotopic (exact) mass is 284 g/mol. The maximum absolute atomic E-state index is 12.1. The number of hydrogen-bond donors (Lipinski definition) is 2. The molecule has 3 rings (SSSR count). The third-order valence-electron chi connectivity index (χ3n) is 3.88. The van der Waals surface area contributed by atoms with Crippen LogP contribution in [0.5, 0.6) is 0 Å². The van der Waals surface area contributed by atoms with E-state index in [1.54, 1.807) is 16.9 Å². The largest absolute Gasteiger partial charge is 0.399 e. The lowest BCUT2D eigenvalue weighted by molar-refractivity contribution is 0.0943. The first-order valence-electron chi connectivity index (χ1n) is 7.40. The minimum absolute atomic E-state index is 0.0900. The molecule has 1 fully saturated rings. The third kappa shape index (κ3) is 3.07. The van der Waals surface area contributed by atoms with Gasteiger partial charge in [0.1, 0.15) is 0 Å². The molecule has 5 nitrogen and oxygen atoms in total. The molecule has 3 N–H and O–H groups in total. The Morgan fingerprint density at radius 3 is 2.86 bits per heavy atom. The number of nitrogens with two attached hydrogens (primary N) is 1. The van der Waals surface area contributed by atoms with E-state index >= 15 is 0 Å². The molecular formula is C16H20N4O. The van der Waals surface area contributed by atoms with Gasteiger partial charge >= 0.3 is 0 Å². The smallest absolute Gasteiger partial charge is 0.272 e. The normalized spacial score (nSPS) is 20.2. The van der Waals surface area contributed by atoms with Crippen molar-refractivity contribution >= 4 is 11.6 Å². The SMILES string of the molecule is CCCC1CC1NC(=O)c1ccn(-c2ccc(N)cc2)n1. The number of amides is 1. The molecule has 1 aliphatic rings. The van der Waals surface area contributed by atoms with Crippen LogP contribution < -0.4 is 11.1 Å². The van der Waals surface area contributed by atoms with Gasteiger partial charge in [-0.25, -0.2) is 4.68 Å². The Kier molecular flexibility index (Phi) is 3.64. The molecule has 0 saturated heterocycles. The van der Waals surface area contributed by atoms with Crippen LogP contribution >= 0.6 is 0 Å². The number of aromatic nitrogens is 2. The molecule has 1 aromatic heterocycles. The lowest BCUT2D eigenvalue weighted by Gasteiger charge is -2.03. The quantitative estimate of drug-likeness (QED) is 0.828. The summed E-state index contributed by atoms with van der Waals surface area (Å²) < 4.78 is 1.69. The van der Waals surface area contributed by atoms with Gasteiger partial charge in [-0.2, -0.15) is 5.10 Å². The summed E-state index contributed by atoms with van der Waals surface area (Å²) in [5.41, 5.74) is 7.71. The molecule has 1 aliphatic carbocycles. The van der Waals surface area contributed by atoms with Gasteiger partial charge in [-0.15, -0.1) is 0 Å². The second kappa shape index (κ2) is 5.60. The predicted octanol–water partition coefficient (Wildman–Crippen LogP) is 2.37. The average molecular weight is 284 g/mol. The van der Waals surface area contributed by atoms with Crippen LogP contribution in [0.2, 0.25) is 0 Å². The van der Waals surface area contributed by atoms with Crippen LogP contribution in [0.25, 0.3) is 5.69 Å². The number of nitrogens with one attached hydrogen (secondary N) is 1. The first kappa shape index (κ1) is 13.7. The Labute approximate surface area is 124 Å². The number of benzene rings is 1. The number of nitrogen functional groups attached to an aromatic ring is 1. The van der Waals surface area contributed by atoms with Crippen LogP contribution in [0.3, 0.4) is 0 Å². The highest BCUT2D eigenvalue weighted by Gasteiger charge is 2.37. The second-order valence-electron chi connectivity index (χ2n) is 5.60. The van der Waals surface area contributed by atoms with Gasteiger partial charge in [-0.1, -0.05) is 13.3 Å². The molecular weight excluding hydrogens is 264 g/mol. The van der Waals surface area contributed by atoms with E-state index < -0.39 is 0 Å². The molecule has 1 heterocycles. The summed E-state index contributed by atoms with van der Waals surface area (Å²) in [4.78, 5) is 12.1. The van der Waals surface area contributed by atoms with Crippen molar-refractivity contribution in [2.24, 2.45) is 5.92 Å². The number of carbonyl (C=O) groups excluding carboxylic acids is 1. The van der Waals surface area contributed by atoms with Gasteiger partial charge in [0.05, 0.1) is 5.69 Å². The topological polar surface area (TPSA) is 72.9 Å². The summed E-state index contributed by atoms with van der Waals surface area (Å²) in [6, 6.07) is 9.46. The minimum Gasteiger partial charge on any atom is -0.399 e. The zero-order chi connectivity index (χ0) is 14.8. The highest BCUT2D eigenvalue weighted by Crippen LogP contribution is 2.34. The molecule has 2 aromatic rings. The van der Waals surface area contributed by atoms with Crippen molar-refractivity contribution in [3.05, 3.63) is 42.2 Å². The molecule has 1 aromatic carbocycles. The number of anilines is 1. The Hall–Kier alpha value is -2.30. The van der Waals surface area contributed by atoms with Crippen molar-refractivity contribution in [1.82, 2.24) is 15.1 Å². The molecule has 0 aliphatic heterocycles. The standard InChI is InChI=1S/C16H20N4O/c1-2-3-11-10-15(11)18-16(21)14-8-9-20(19-14)13-6-4-12(17)5-7-13/h4-9,11,15H,2-3,10,17H2,1H3,(H,18,21). The number of hydrogen-bond acceptors (Lipinski definition) is 3. The summed E-state index contributed by atoms with van der Waals surface area (Å²) in [6.45, 7) is 2.17. The zero-order valence-electron chi connectivity index (χ0n) is 12.1. The van der Waals surface area contributed by atoms with Crippen molar-refractivity contribution in [2.75, 3.05) is 5.73 Å². The molecule has 5 heteroatoms. The van der Waals surface area contributed by atoms with E-state index in [2.05, 4.69) is 17.3 Å². The molecule has 0 spiro atoms. The molecule has 0 bridgehead atoms. The molecule has 1 saturated carbocycles. The van der Waals surface area contributed by atoms with Gasteiger partial charge < -0.3 is 11.1 Å². The Bertz CT molecular complexity index is 632. The van der Waals surface area contributed by atoms with Gasteiger partial charge in [-0.3, -0.25) is 4.79 Å². The summed E-state index contributed by atoms with van der Waals surface area (Å²) in [5, 5.41) is 7.37. The van der Waals surface area contributed by atoms with Crippen molar-refractivity contribution in [1.29, 1.82) is 0 Å². The van der Waals surface area contributed by atoms with Crippen molar-refractivity contribution < 1.29 is 4.79 Å². The first-order chi connectivity index (χ1) is 10.2. The van der Waals surface area contributed by atoms with Crippen LogP contribution in [0.4, 0.5) is 5.69 Å². The minimum atomic E-state index is -0.0900. The van der Waals surface area contributed by atoms with E-state index in [1.165, 1.54) is 12.8 Å². The number of carbonyl (C=O) groups is 1. The summed E-state index contributed by atoms with van der Waals surface area (Å²) in [7, 11) is 0. The average Bonchev–Trinajstić information content (AvgIpc) is 3.02. The maximum Gasteiger partial charge on any atom is 0.272 e. The second-order valence-corrected chi connectivity index (χ2v) is 5.60. The summed E-state index contributed by atoms with van der Waals surface area (Å²) in [6.07, 6.45) is 5.24. The molecule has 2 atom stereocenters. The Morgan fingerprint density at radius 2 is 2.14 bits per heavy atom. The maximum atomic E-state index is 12.1. The van der Waals surface area contributed by atoms with Crippen molar-refractivity contribution in [3.8, 4) is 5.69 Å². The molecule has 110 valence electrons. The highest BCUT2D eigenvalue weighted by molar-refractivity contribution is 5.92. The van der Waals surface area contributed by atoms with Crippen LogP contribution in [0.1, 0.15) is 36.7 Å². The molecule has 0 radical (unpaired) electrons. The number of nitrogens with zero attached hydrogens (tertiary/aromatic N) is 2. The lowest BCUT2D eigenvalue weighted by Crippen LogP contribution is -2.27. The van der Waals surface area contributed by atoms with Crippen molar-refractivity contribution in [3.63, 3.8) is 0 Å². The van der Waals surface area contributed by atoms with Gasteiger partial charge in [-0.05, 0) is 49.1 Å². The predicted molar refractivity (Wildman–Crippen MR) is 82.2 cm³/mol. The highest BCUT2D eigenvalue weighted by atomic mass is 16.2. The number of rotatable bonds is 5. The summed E-state index contributed by atoms with van der Waals surface area (Å²) in [5.74, 6) is 0.561. The lowest BCUT2D eigenvalue weighted by atomic mass is 10.2. The zero-order valence-corrected chi connectivity index (χ0v) is 12.1.